The standard InChI is InChI=1S/C26H33N3O5/c1-20(30)29-12-11-28(19-24(29)21-7-9-22(32-2)10-8-21)26(31)23-5-3-4-6-25(23)34-18-15-27-13-16-33-17-14-27/h3-10,24H,11-19H2,1-2H3/t24-/m1/s1. The number of carbonyl (C=O) groups is 2. The predicted octanol–water partition coefficient (Wildman–Crippen LogP) is 2.45. The zero-order chi connectivity index (χ0) is 23.9. The Kier molecular flexibility index (Phi) is 8.03. The first-order valence-electron chi connectivity index (χ1n) is 11.8. The number of hydrogen-bond donors (Lipinski definition) is 0. The Hall–Kier alpha value is -3.10. The molecule has 0 bridgehead atoms. The minimum absolute atomic E-state index is 0.000219. The SMILES string of the molecule is COc1ccc([C@H]2CN(C(=O)c3ccccc3OCCN3CCOCC3)CCN2C(C)=O)cc1. The number of methoxy groups -OCH3 is 1. The third-order valence-corrected chi connectivity index (χ3v) is 6.46. The number of benzene rings is 2. The number of amides is 2. The maximum atomic E-state index is 13.5. The van der Waals surface area contributed by atoms with E-state index < -0.39 is 0 Å². The number of ether oxygens (including phenoxy) is 3. The van der Waals surface area contributed by atoms with Gasteiger partial charge in [-0.05, 0) is 29.8 Å². The number of morpholine rings is 1. The smallest absolute Gasteiger partial charge is 0.257 e. The van der Waals surface area contributed by atoms with Crippen LogP contribution in [0.1, 0.15) is 28.9 Å². The van der Waals surface area contributed by atoms with E-state index in [1.807, 2.05) is 58.3 Å². The topological polar surface area (TPSA) is 71.5 Å². The first-order chi connectivity index (χ1) is 16.6. The summed E-state index contributed by atoms with van der Waals surface area (Å²) in [5.41, 5.74) is 1.53. The lowest BCUT2D eigenvalue weighted by atomic mass is 10.0. The predicted molar refractivity (Wildman–Crippen MR) is 128 cm³/mol. The van der Waals surface area contributed by atoms with Crippen LogP contribution in [-0.2, 0) is 9.53 Å². The molecule has 0 radical (unpaired) electrons. The van der Waals surface area contributed by atoms with Gasteiger partial charge < -0.3 is 24.0 Å². The number of carbonyl (C=O) groups excluding carboxylic acids is 2. The van der Waals surface area contributed by atoms with E-state index in [2.05, 4.69) is 4.90 Å². The van der Waals surface area contributed by atoms with Crippen molar-refractivity contribution in [2.24, 2.45) is 0 Å². The molecular weight excluding hydrogens is 434 g/mol. The second-order valence-corrected chi connectivity index (χ2v) is 8.55. The van der Waals surface area contributed by atoms with E-state index in [1.165, 1.54) is 0 Å². The highest BCUT2D eigenvalue weighted by Gasteiger charge is 2.33. The van der Waals surface area contributed by atoms with Crippen LogP contribution in [-0.4, -0.2) is 92.7 Å². The second-order valence-electron chi connectivity index (χ2n) is 8.55. The van der Waals surface area contributed by atoms with Crippen molar-refractivity contribution in [3.8, 4) is 11.5 Å². The van der Waals surface area contributed by atoms with Gasteiger partial charge in [0.25, 0.3) is 5.91 Å². The van der Waals surface area contributed by atoms with Crippen LogP contribution in [0.2, 0.25) is 0 Å². The quantitative estimate of drug-likeness (QED) is 0.623. The minimum atomic E-state index is -0.212. The number of hydrogen-bond acceptors (Lipinski definition) is 6. The molecule has 4 rings (SSSR count). The zero-order valence-electron chi connectivity index (χ0n) is 19.9. The van der Waals surface area contributed by atoms with Crippen LogP contribution in [0.5, 0.6) is 11.5 Å². The van der Waals surface area contributed by atoms with Crippen molar-refractivity contribution < 1.29 is 23.8 Å². The molecule has 1 atom stereocenters. The van der Waals surface area contributed by atoms with Gasteiger partial charge in [0.1, 0.15) is 18.1 Å². The molecule has 0 saturated carbocycles. The number of rotatable bonds is 7. The number of para-hydroxylation sites is 1. The number of nitrogens with zero attached hydrogens (tertiary/aromatic N) is 3. The Bertz CT molecular complexity index is 975. The molecule has 0 unspecified atom stereocenters. The fourth-order valence-corrected chi connectivity index (χ4v) is 4.50. The van der Waals surface area contributed by atoms with E-state index in [0.717, 1.165) is 44.2 Å². The highest BCUT2D eigenvalue weighted by molar-refractivity contribution is 5.97. The molecule has 8 nitrogen and oxygen atoms in total. The van der Waals surface area contributed by atoms with Gasteiger partial charge in [0.15, 0.2) is 0 Å². The Morgan fingerprint density at radius 1 is 1.00 bits per heavy atom. The van der Waals surface area contributed by atoms with E-state index in [0.29, 0.717) is 37.6 Å². The van der Waals surface area contributed by atoms with E-state index in [4.69, 9.17) is 14.2 Å². The molecule has 2 aromatic carbocycles. The molecule has 2 saturated heterocycles. The number of piperazine rings is 1. The van der Waals surface area contributed by atoms with Gasteiger partial charge in [-0.2, -0.15) is 0 Å². The molecule has 0 N–H and O–H groups in total. The van der Waals surface area contributed by atoms with Gasteiger partial charge >= 0.3 is 0 Å². The third-order valence-electron chi connectivity index (χ3n) is 6.46. The molecule has 2 heterocycles. The van der Waals surface area contributed by atoms with E-state index >= 15 is 0 Å². The normalized spacial score (nSPS) is 19.1. The molecular formula is C26H33N3O5. The fraction of sp³-hybridized carbons (Fsp3) is 0.462. The molecule has 2 aliphatic heterocycles. The van der Waals surface area contributed by atoms with Gasteiger partial charge in [-0.3, -0.25) is 14.5 Å². The van der Waals surface area contributed by atoms with Crippen LogP contribution in [0.4, 0.5) is 0 Å². The van der Waals surface area contributed by atoms with Crippen molar-refractivity contribution in [2.45, 2.75) is 13.0 Å². The van der Waals surface area contributed by atoms with Crippen molar-refractivity contribution in [2.75, 3.05) is 66.2 Å². The first-order valence-corrected chi connectivity index (χ1v) is 11.8. The molecule has 0 aliphatic carbocycles. The lowest BCUT2D eigenvalue weighted by molar-refractivity contribution is -0.133. The highest BCUT2D eigenvalue weighted by Crippen LogP contribution is 2.29. The highest BCUT2D eigenvalue weighted by atomic mass is 16.5. The molecule has 182 valence electrons. The molecule has 0 aromatic heterocycles. The largest absolute Gasteiger partial charge is 0.497 e. The van der Waals surface area contributed by atoms with Crippen LogP contribution < -0.4 is 9.47 Å². The summed E-state index contributed by atoms with van der Waals surface area (Å²) in [6.45, 7) is 7.56. The molecule has 34 heavy (non-hydrogen) atoms. The van der Waals surface area contributed by atoms with Crippen molar-refractivity contribution in [3.63, 3.8) is 0 Å². The molecule has 0 spiro atoms. The first kappa shape index (κ1) is 24.0. The van der Waals surface area contributed by atoms with Gasteiger partial charge in [0, 0.05) is 46.2 Å². The zero-order valence-corrected chi connectivity index (χ0v) is 19.9. The summed E-state index contributed by atoms with van der Waals surface area (Å²) in [5, 5.41) is 0. The average Bonchev–Trinajstić information content (AvgIpc) is 2.89. The minimum Gasteiger partial charge on any atom is -0.497 e. The summed E-state index contributed by atoms with van der Waals surface area (Å²) in [6, 6.07) is 14.9. The average molecular weight is 468 g/mol. The molecule has 2 aromatic rings. The van der Waals surface area contributed by atoms with Gasteiger partial charge in [-0.1, -0.05) is 24.3 Å². The Balaban J connectivity index is 1.46. The van der Waals surface area contributed by atoms with Gasteiger partial charge in [0.05, 0.1) is 31.9 Å². The van der Waals surface area contributed by atoms with Crippen LogP contribution >= 0.6 is 0 Å². The van der Waals surface area contributed by atoms with Gasteiger partial charge in [0.2, 0.25) is 5.91 Å². The maximum Gasteiger partial charge on any atom is 0.257 e. The molecule has 8 heteroatoms. The summed E-state index contributed by atoms with van der Waals surface area (Å²) in [4.78, 5) is 31.8. The van der Waals surface area contributed by atoms with Crippen molar-refractivity contribution in [3.05, 3.63) is 59.7 Å². The van der Waals surface area contributed by atoms with Gasteiger partial charge in [-0.15, -0.1) is 0 Å². The van der Waals surface area contributed by atoms with E-state index in [9.17, 15) is 9.59 Å². The summed E-state index contributed by atoms with van der Waals surface area (Å²) < 4.78 is 16.7. The van der Waals surface area contributed by atoms with E-state index in [-0.39, 0.29) is 17.9 Å². The lowest BCUT2D eigenvalue weighted by Gasteiger charge is -2.41. The van der Waals surface area contributed by atoms with Crippen LogP contribution in [0.3, 0.4) is 0 Å². The molecule has 2 fully saturated rings. The summed E-state index contributed by atoms with van der Waals surface area (Å²) >= 11 is 0. The molecule has 2 aliphatic rings. The monoisotopic (exact) mass is 467 g/mol. The van der Waals surface area contributed by atoms with Crippen molar-refractivity contribution in [1.82, 2.24) is 14.7 Å². The summed E-state index contributed by atoms with van der Waals surface area (Å²) in [7, 11) is 1.62. The fourth-order valence-electron chi connectivity index (χ4n) is 4.50. The Morgan fingerprint density at radius 2 is 1.74 bits per heavy atom. The van der Waals surface area contributed by atoms with Crippen LogP contribution in [0.25, 0.3) is 0 Å². The van der Waals surface area contributed by atoms with Crippen molar-refractivity contribution in [1.29, 1.82) is 0 Å². The molecule has 2 amide bonds. The Labute approximate surface area is 201 Å². The lowest BCUT2D eigenvalue weighted by Crippen LogP contribution is -2.51. The van der Waals surface area contributed by atoms with E-state index in [1.54, 1.807) is 14.0 Å². The second kappa shape index (κ2) is 11.4. The van der Waals surface area contributed by atoms with Crippen LogP contribution in [0.15, 0.2) is 48.5 Å². The van der Waals surface area contributed by atoms with Crippen LogP contribution in [0, 0.1) is 0 Å². The van der Waals surface area contributed by atoms with Crippen molar-refractivity contribution >= 4 is 11.8 Å². The van der Waals surface area contributed by atoms with Gasteiger partial charge in [-0.25, -0.2) is 0 Å². The maximum absolute atomic E-state index is 13.5. The summed E-state index contributed by atoms with van der Waals surface area (Å²) in [6.07, 6.45) is 0. The third kappa shape index (κ3) is 5.69. The summed E-state index contributed by atoms with van der Waals surface area (Å²) in [5.74, 6) is 1.27. The Morgan fingerprint density at radius 3 is 2.44 bits per heavy atom.